The van der Waals surface area contributed by atoms with E-state index in [1.54, 1.807) is 0 Å². The average molecular weight is 221 g/mol. The Kier molecular flexibility index (Phi) is 2.77. The molecule has 1 fully saturated rings. The van der Waals surface area contributed by atoms with Crippen molar-refractivity contribution in [3.8, 4) is 0 Å². The second kappa shape index (κ2) is 3.79. The molecule has 0 amide bonds. The lowest BCUT2D eigenvalue weighted by Crippen LogP contribution is -2.51. The summed E-state index contributed by atoms with van der Waals surface area (Å²) in [6.07, 6.45) is -0.653. The second-order valence-electron chi connectivity index (χ2n) is 4.31. The Morgan fingerprint density at radius 3 is 2.80 bits per heavy atom. The highest BCUT2D eigenvalue weighted by Gasteiger charge is 2.43. The lowest BCUT2D eigenvalue weighted by molar-refractivity contribution is -0.202. The normalized spacial score (nSPS) is 36.1. The maximum atomic E-state index is 12.0. The second-order valence-corrected chi connectivity index (χ2v) is 4.31. The van der Waals surface area contributed by atoms with Gasteiger partial charge in [0.15, 0.2) is 6.10 Å². The lowest BCUT2D eigenvalue weighted by atomic mass is 9.71. The van der Waals surface area contributed by atoms with Gasteiger partial charge in [0, 0.05) is 12.6 Å². The van der Waals surface area contributed by atoms with Gasteiger partial charge in [-0.25, -0.2) is 0 Å². The van der Waals surface area contributed by atoms with E-state index in [1.807, 2.05) is 0 Å². The maximum absolute atomic E-state index is 12.0. The zero-order valence-corrected chi connectivity index (χ0v) is 8.17. The van der Waals surface area contributed by atoms with Gasteiger partial charge in [0.05, 0.1) is 0 Å². The van der Waals surface area contributed by atoms with Crippen LogP contribution in [0.4, 0.5) is 13.2 Å². The number of alkyl halides is 3. The number of rotatable bonds is 3. The van der Waals surface area contributed by atoms with Gasteiger partial charge in [-0.05, 0) is 24.7 Å². The van der Waals surface area contributed by atoms with E-state index in [2.05, 4.69) is 17.5 Å². The van der Waals surface area contributed by atoms with Crippen LogP contribution in [0, 0.1) is 11.8 Å². The van der Waals surface area contributed by atoms with E-state index in [0.717, 1.165) is 12.8 Å². The molecule has 15 heavy (non-hydrogen) atoms. The minimum Gasteiger partial charge on any atom is -0.382 e. The molecule has 0 aromatic carbocycles. The minimum absolute atomic E-state index is 0.116. The molecule has 86 valence electrons. The molecular formula is C10H14F3NO. The molecule has 4 unspecified atom stereocenters. The summed E-state index contributed by atoms with van der Waals surface area (Å²) in [6, 6.07) is 0.116. The SMILES string of the molecule is OC(CNC1CC2CC=CC21)C(F)(F)F. The summed E-state index contributed by atoms with van der Waals surface area (Å²) in [4.78, 5) is 0. The van der Waals surface area contributed by atoms with Crippen LogP contribution in [0.25, 0.3) is 0 Å². The Bertz CT molecular complexity index is 264. The molecule has 2 nitrogen and oxygen atoms in total. The number of aliphatic hydroxyl groups excluding tert-OH is 1. The smallest absolute Gasteiger partial charge is 0.382 e. The first-order valence-corrected chi connectivity index (χ1v) is 5.13. The van der Waals surface area contributed by atoms with Crippen LogP contribution in [0.2, 0.25) is 0 Å². The molecule has 0 aromatic heterocycles. The summed E-state index contributed by atoms with van der Waals surface area (Å²) in [5.74, 6) is 0.996. The fourth-order valence-corrected chi connectivity index (χ4v) is 2.33. The fourth-order valence-electron chi connectivity index (χ4n) is 2.33. The van der Waals surface area contributed by atoms with Crippen LogP contribution < -0.4 is 5.32 Å². The number of halogens is 3. The zero-order valence-electron chi connectivity index (χ0n) is 8.17. The van der Waals surface area contributed by atoms with Crippen molar-refractivity contribution in [3.05, 3.63) is 12.2 Å². The highest BCUT2D eigenvalue weighted by atomic mass is 19.4. The largest absolute Gasteiger partial charge is 0.415 e. The number of nitrogens with one attached hydrogen (secondary N) is 1. The van der Waals surface area contributed by atoms with E-state index < -0.39 is 18.8 Å². The predicted molar refractivity (Wildman–Crippen MR) is 49.2 cm³/mol. The van der Waals surface area contributed by atoms with Gasteiger partial charge in [-0.1, -0.05) is 12.2 Å². The van der Waals surface area contributed by atoms with Crippen LogP contribution in [0.5, 0.6) is 0 Å². The van der Waals surface area contributed by atoms with Gasteiger partial charge in [0.2, 0.25) is 0 Å². The Balaban J connectivity index is 1.73. The van der Waals surface area contributed by atoms with E-state index in [0.29, 0.717) is 11.8 Å². The molecule has 2 N–H and O–H groups in total. The number of hydrogen-bond donors (Lipinski definition) is 2. The minimum atomic E-state index is -4.51. The summed E-state index contributed by atoms with van der Waals surface area (Å²) >= 11 is 0. The van der Waals surface area contributed by atoms with Crippen molar-refractivity contribution in [2.75, 3.05) is 6.54 Å². The number of allylic oxidation sites excluding steroid dienone is 1. The molecule has 0 aliphatic heterocycles. The van der Waals surface area contributed by atoms with Crippen molar-refractivity contribution < 1.29 is 18.3 Å². The van der Waals surface area contributed by atoms with Crippen molar-refractivity contribution in [3.63, 3.8) is 0 Å². The van der Waals surface area contributed by atoms with Crippen molar-refractivity contribution in [2.45, 2.75) is 31.2 Å². The van der Waals surface area contributed by atoms with Crippen molar-refractivity contribution in [2.24, 2.45) is 11.8 Å². The van der Waals surface area contributed by atoms with Crippen molar-refractivity contribution >= 4 is 0 Å². The third-order valence-electron chi connectivity index (χ3n) is 3.31. The summed E-state index contributed by atoms with van der Waals surface area (Å²) in [7, 11) is 0. The molecule has 2 rings (SSSR count). The maximum Gasteiger partial charge on any atom is 0.415 e. The highest BCUT2D eigenvalue weighted by molar-refractivity contribution is 5.12. The Morgan fingerprint density at radius 1 is 1.47 bits per heavy atom. The topological polar surface area (TPSA) is 32.3 Å². The standard InChI is InChI=1S/C10H14F3NO/c11-10(12,13)9(15)5-14-8-4-6-2-1-3-7(6)8/h1,3,6-9,14-15H,2,4-5H2. The van der Waals surface area contributed by atoms with E-state index in [4.69, 9.17) is 5.11 Å². The molecule has 0 spiro atoms. The van der Waals surface area contributed by atoms with Crippen LogP contribution in [-0.4, -0.2) is 30.0 Å². The molecule has 5 heteroatoms. The molecule has 2 aliphatic rings. The number of aliphatic hydroxyl groups is 1. The zero-order chi connectivity index (χ0) is 11.1. The first-order chi connectivity index (χ1) is 6.98. The average Bonchev–Trinajstić information content (AvgIpc) is 2.46. The molecule has 0 saturated heterocycles. The number of fused-ring (bicyclic) bond motifs is 1. The summed E-state index contributed by atoms with van der Waals surface area (Å²) < 4.78 is 36.0. The summed E-state index contributed by atoms with van der Waals surface area (Å²) in [6.45, 7) is -0.398. The van der Waals surface area contributed by atoms with E-state index >= 15 is 0 Å². The van der Waals surface area contributed by atoms with Crippen molar-refractivity contribution in [1.82, 2.24) is 5.32 Å². The quantitative estimate of drug-likeness (QED) is 0.707. The van der Waals surface area contributed by atoms with Gasteiger partial charge < -0.3 is 10.4 Å². The molecule has 0 radical (unpaired) electrons. The third-order valence-corrected chi connectivity index (χ3v) is 3.31. The lowest BCUT2D eigenvalue weighted by Gasteiger charge is -2.41. The number of hydrogen-bond acceptors (Lipinski definition) is 2. The Morgan fingerprint density at radius 2 is 2.20 bits per heavy atom. The van der Waals surface area contributed by atoms with E-state index in [-0.39, 0.29) is 6.04 Å². The summed E-state index contributed by atoms with van der Waals surface area (Å²) in [5.41, 5.74) is 0. The Hall–Kier alpha value is -0.550. The van der Waals surface area contributed by atoms with Gasteiger partial charge >= 0.3 is 6.18 Å². The molecule has 4 atom stereocenters. The van der Waals surface area contributed by atoms with Gasteiger partial charge in [-0.3, -0.25) is 0 Å². The van der Waals surface area contributed by atoms with Gasteiger partial charge in [0.25, 0.3) is 0 Å². The molecule has 1 saturated carbocycles. The van der Waals surface area contributed by atoms with Crippen LogP contribution >= 0.6 is 0 Å². The fraction of sp³-hybridized carbons (Fsp3) is 0.800. The molecule has 2 aliphatic carbocycles. The van der Waals surface area contributed by atoms with E-state index in [1.165, 1.54) is 0 Å². The third kappa shape index (κ3) is 2.18. The van der Waals surface area contributed by atoms with Crippen LogP contribution in [0.15, 0.2) is 12.2 Å². The highest BCUT2D eigenvalue weighted by Crippen LogP contribution is 2.42. The molecular weight excluding hydrogens is 207 g/mol. The first-order valence-electron chi connectivity index (χ1n) is 5.13. The van der Waals surface area contributed by atoms with Gasteiger partial charge in [-0.15, -0.1) is 0 Å². The molecule has 0 heterocycles. The monoisotopic (exact) mass is 221 g/mol. The molecule has 0 bridgehead atoms. The summed E-state index contributed by atoms with van der Waals surface area (Å²) in [5, 5.41) is 11.6. The van der Waals surface area contributed by atoms with Gasteiger partial charge in [0.1, 0.15) is 0 Å². The van der Waals surface area contributed by atoms with Crippen LogP contribution in [-0.2, 0) is 0 Å². The van der Waals surface area contributed by atoms with Crippen LogP contribution in [0.3, 0.4) is 0 Å². The predicted octanol–water partition coefficient (Wildman–Crippen LogP) is 1.46. The Labute approximate surface area is 86.2 Å². The first kappa shape index (κ1) is 11.0. The van der Waals surface area contributed by atoms with Gasteiger partial charge in [-0.2, -0.15) is 13.2 Å². The van der Waals surface area contributed by atoms with E-state index in [9.17, 15) is 13.2 Å². The molecule has 0 aromatic rings. The van der Waals surface area contributed by atoms with Crippen molar-refractivity contribution in [1.29, 1.82) is 0 Å². The van der Waals surface area contributed by atoms with Crippen LogP contribution in [0.1, 0.15) is 12.8 Å².